The molecular weight excluding hydrogens is 416 g/mol. The lowest BCUT2D eigenvalue weighted by Crippen LogP contribution is -2.53. The van der Waals surface area contributed by atoms with Crippen molar-refractivity contribution in [2.45, 2.75) is 33.1 Å². The average Bonchev–Trinajstić information content (AvgIpc) is 2.79. The van der Waals surface area contributed by atoms with Gasteiger partial charge in [0.05, 0.1) is 19.1 Å². The first-order valence-corrected chi connectivity index (χ1v) is 12.7. The van der Waals surface area contributed by atoms with Gasteiger partial charge in [-0.3, -0.25) is 4.79 Å². The maximum Gasteiger partial charge on any atom is 0.282 e. The van der Waals surface area contributed by atoms with Crippen LogP contribution in [-0.2, 0) is 19.7 Å². The minimum absolute atomic E-state index is 0.0412. The van der Waals surface area contributed by atoms with Crippen LogP contribution in [0.2, 0.25) is 0 Å². The van der Waals surface area contributed by atoms with E-state index >= 15 is 0 Å². The number of carbonyl (C=O) groups is 1. The van der Waals surface area contributed by atoms with Gasteiger partial charge >= 0.3 is 0 Å². The average molecular weight is 453 g/mol. The third kappa shape index (κ3) is 6.41. The molecule has 2 aliphatic heterocycles. The van der Waals surface area contributed by atoms with Crippen LogP contribution in [0, 0.1) is 12.8 Å². The second-order valence-corrected chi connectivity index (χ2v) is 10.2. The molecule has 1 aromatic rings. The molecule has 1 N–H and O–H groups in total. The number of amides is 1. The van der Waals surface area contributed by atoms with Gasteiger partial charge < -0.3 is 15.0 Å². The molecule has 0 spiro atoms. The number of nitrogens with one attached hydrogen (secondary N) is 1. The molecule has 0 bridgehead atoms. The highest BCUT2D eigenvalue weighted by molar-refractivity contribution is 7.86. The van der Waals surface area contributed by atoms with Gasteiger partial charge in [0.25, 0.3) is 10.2 Å². The van der Waals surface area contributed by atoms with Crippen molar-refractivity contribution in [2.24, 2.45) is 5.92 Å². The standard InChI is InChI=1S/C22H36N4O4S/c1-3-24(21-9-4-7-19(2)17-21)11-6-10-23-22(27)20-8-5-12-26(18-20)31(28,29)25-13-15-30-16-14-25/h4,7,9,17,20H,3,5-6,8,10-16,18H2,1-2H3,(H,23,27)/t20-/m0/s1. The van der Waals surface area contributed by atoms with Crippen LogP contribution in [0.15, 0.2) is 24.3 Å². The summed E-state index contributed by atoms with van der Waals surface area (Å²) in [4.78, 5) is 15.0. The molecule has 8 nitrogen and oxygen atoms in total. The molecule has 1 aromatic carbocycles. The van der Waals surface area contributed by atoms with E-state index in [9.17, 15) is 13.2 Å². The summed E-state index contributed by atoms with van der Waals surface area (Å²) in [6, 6.07) is 8.44. The van der Waals surface area contributed by atoms with E-state index in [1.54, 1.807) is 0 Å². The molecule has 0 aromatic heterocycles. The van der Waals surface area contributed by atoms with Gasteiger partial charge in [-0.05, 0) is 50.8 Å². The highest BCUT2D eigenvalue weighted by Crippen LogP contribution is 2.22. The van der Waals surface area contributed by atoms with Crippen LogP contribution in [-0.4, -0.2) is 82.0 Å². The number of anilines is 1. The highest BCUT2D eigenvalue weighted by atomic mass is 32.2. The van der Waals surface area contributed by atoms with E-state index in [-0.39, 0.29) is 18.4 Å². The first-order chi connectivity index (χ1) is 14.9. The van der Waals surface area contributed by atoms with Gasteiger partial charge in [0, 0.05) is 51.5 Å². The Hall–Kier alpha value is -1.68. The topological polar surface area (TPSA) is 82.2 Å². The Kier molecular flexibility index (Phi) is 8.71. The summed E-state index contributed by atoms with van der Waals surface area (Å²) in [5, 5.41) is 3.03. The van der Waals surface area contributed by atoms with Crippen molar-refractivity contribution >= 4 is 21.8 Å². The van der Waals surface area contributed by atoms with Crippen molar-refractivity contribution in [1.29, 1.82) is 0 Å². The van der Waals surface area contributed by atoms with E-state index in [1.165, 1.54) is 19.9 Å². The molecule has 1 atom stereocenters. The van der Waals surface area contributed by atoms with Gasteiger partial charge in [0.1, 0.15) is 0 Å². The van der Waals surface area contributed by atoms with Gasteiger partial charge in [0.15, 0.2) is 0 Å². The Morgan fingerprint density at radius 1 is 1.23 bits per heavy atom. The Morgan fingerprint density at radius 3 is 2.71 bits per heavy atom. The number of morpholine rings is 1. The van der Waals surface area contributed by atoms with Crippen molar-refractivity contribution in [3.63, 3.8) is 0 Å². The van der Waals surface area contributed by atoms with E-state index in [2.05, 4.69) is 48.3 Å². The molecule has 2 fully saturated rings. The molecule has 9 heteroatoms. The fourth-order valence-electron chi connectivity index (χ4n) is 4.23. The molecule has 0 saturated carbocycles. The van der Waals surface area contributed by atoms with Crippen LogP contribution < -0.4 is 10.2 Å². The fourth-order valence-corrected chi connectivity index (χ4v) is 5.89. The number of carbonyl (C=O) groups excluding carboxylic acids is 1. The van der Waals surface area contributed by atoms with Crippen LogP contribution in [0.25, 0.3) is 0 Å². The third-order valence-electron chi connectivity index (χ3n) is 6.03. The molecule has 2 heterocycles. The highest BCUT2D eigenvalue weighted by Gasteiger charge is 2.36. The summed E-state index contributed by atoms with van der Waals surface area (Å²) in [5.41, 5.74) is 2.43. The van der Waals surface area contributed by atoms with Gasteiger partial charge in [0.2, 0.25) is 5.91 Å². The van der Waals surface area contributed by atoms with Crippen molar-refractivity contribution in [3.05, 3.63) is 29.8 Å². The number of nitrogens with zero attached hydrogens (tertiary/aromatic N) is 3. The smallest absolute Gasteiger partial charge is 0.282 e. The Morgan fingerprint density at radius 2 is 2.00 bits per heavy atom. The summed E-state index contributed by atoms with van der Waals surface area (Å²) in [7, 11) is -3.53. The molecular formula is C22H36N4O4S. The second kappa shape index (κ2) is 11.3. The lowest BCUT2D eigenvalue weighted by atomic mass is 9.99. The van der Waals surface area contributed by atoms with Gasteiger partial charge in [-0.15, -0.1) is 0 Å². The normalized spacial score (nSPS) is 21.0. The first kappa shape index (κ1) is 24.0. The maximum atomic E-state index is 12.9. The lowest BCUT2D eigenvalue weighted by molar-refractivity contribution is -0.126. The monoisotopic (exact) mass is 452 g/mol. The first-order valence-electron chi connectivity index (χ1n) is 11.3. The van der Waals surface area contributed by atoms with Gasteiger partial charge in [-0.25, -0.2) is 0 Å². The Bertz CT molecular complexity index is 827. The van der Waals surface area contributed by atoms with Crippen LogP contribution in [0.4, 0.5) is 5.69 Å². The molecule has 3 rings (SSSR count). The van der Waals surface area contributed by atoms with Crippen LogP contribution in [0.5, 0.6) is 0 Å². The molecule has 0 aliphatic carbocycles. The van der Waals surface area contributed by atoms with Gasteiger partial charge in [-0.1, -0.05) is 12.1 Å². The van der Waals surface area contributed by atoms with E-state index < -0.39 is 10.2 Å². The predicted octanol–water partition coefficient (Wildman–Crippen LogP) is 1.62. The lowest BCUT2D eigenvalue weighted by Gasteiger charge is -2.36. The van der Waals surface area contributed by atoms with Crippen molar-refractivity contribution in [1.82, 2.24) is 13.9 Å². The minimum atomic E-state index is -3.53. The van der Waals surface area contributed by atoms with Crippen molar-refractivity contribution in [2.75, 3.05) is 63.9 Å². The third-order valence-corrected chi connectivity index (χ3v) is 8.03. The molecule has 2 aliphatic rings. The zero-order chi connectivity index (χ0) is 22.3. The molecule has 1 amide bonds. The van der Waals surface area contributed by atoms with Gasteiger partial charge in [-0.2, -0.15) is 17.0 Å². The van der Waals surface area contributed by atoms with Crippen LogP contribution >= 0.6 is 0 Å². The second-order valence-electron chi connectivity index (χ2n) is 8.28. The summed E-state index contributed by atoms with van der Waals surface area (Å²) in [6.45, 7) is 8.93. The number of aryl methyl sites for hydroxylation is 1. The quantitative estimate of drug-likeness (QED) is 0.576. The fraction of sp³-hybridized carbons (Fsp3) is 0.682. The number of ether oxygens (including phenoxy) is 1. The number of benzene rings is 1. The maximum absolute atomic E-state index is 12.9. The zero-order valence-electron chi connectivity index (χ0n) is 18.8. The summed E-state index contributed by atoms with van der Waals surface area (Å²) >= 11 is 0. The number of rotatable bonds is 9. The summed E-state index contributed by atoms with van der Waals surface area (Å²) < 4.78 is 34.0. The summed E-state index contributed by atoms with van der Waals surface area (Å²) in [6.07, 6.45) is 2.28. The largest absolute Gasteiger partial charge is 0.379 e. The van der Waals surface area contributed by atoms with E-state index in [4.69, 9.17) is 4.74 Å². The molecule has 174 valence electrons. The number of piperidine rings is 1. The van der Waals surface area contributed by atoms with Crippen LogP contribution in [0.3, 0.4) is 0 Å². The van der Waals surface area contributed by atoms with E-state index in [0.717, 1.165) is 25.9 Å². The van der Waals surface area contributed by atoms with Crippen molar-refractivity contribution < 1.29 is 17.9 Å². The minimum Gasteiger partial charge on any atom is -0.379 e. The number of hydrogen-bond donors (Lipinski definition) is 1. The van der Waals surface area contributed by atoms with E-state index in [0.29, 0.717) is 45.8 Å². The SMILES string of the molecule is CCN(CCCNC(=O)[C@H]1CCCN(S(=O)(=O)N2CCOCC2)C1)c1cccc(C)c1. The zero-order valence-corrected chi connectivity index (χ0v) is 19.6. The van der Waals surface area contributed by atoms with Crippen molar-refractivity contribution in [3.8, 4) is 0 Å². The summed E-state index contributed by atoms with van der Waals surface area (Å²) in [5.74, 6) is -0.330. The Labute approximate surface area is 186 Å². The Balaban J connectivity index is 1.45. The molecule has 0 unspecified atom stereocenters. The number of hydrogen-bond acceptors (Lipinski definition) is 5. The van der Waals surface area contributed by atoms with E-state index in [1.807, 2.05) is 0 Å². The molecule has 31 heavy (non-hydrogen) atoms. The molecule has 0 radical (unpaired) electrons. The molecule has 2 saturated heterocycles. The van der Waals surface area contributed by atoms with Crippen LogP contribution in [0.1, 0.15) is 31.7 Å². The predicted molar refractivity (Wildman–Crippen MR) is 122 cm³/mol.